The van der Waals surface area contributed by atoms with Gasteiger partial charge in [0.1, 0.15) is 5.69 Å². The first-order chi connectivity index (χ1) is 10.8. The van der Waals surface area contributed by atoms with Crippen LogP contribution in [-0.2, 0) is 11.0 Å². The van der Waals surface area contributed by atoms with E-state index in [1.54, 1.807) is 30.3 Å². The van der Waals surface area contributed by atoms with Crippen LogP contribution in [0.5, 0.6) is 0 Å². The smallest absolute Gasteiger partial charge is 0.433 e. The molecule has 1 aromatic carbocycles. The van der Waals surface area contributed by atoms with E-state index in [1.807, 2.05) is 0 Å². The Morgan fingerprint density at radius 3 is 2.48 bits per heavy atom. The van der Waals surface area contributed by atoms with Gasteiger partial charge in [-0.05, 0) is 31.2 Å². The van der Waals surface area contributed by atoms with Crippen molar-refractivity contribution in [3.63, 3.8) is 0 Å². The lowest BCUT2D eigenvalue weighted by molar-refractivity contribution is -0.141. The Kier molecular flexibility index (Phi) is 4.68. The highest BCUT2D eigenvalue weighted by Crippen LogP contribution is 2.33. The van der Waals surface area contributed by atoms with Crippen LogP contribution in [-0.4, -0.2) is 16.1 Å². The summed E-state index contributed by atoms with van der Waals surface area (Å²) in [5, 5.41) is 11.6. The summed E-state index contributed by atoms with van der Waals surface area (Å²) in [5.41, 5.74) is 0.0330. The summed E-state index contributed by atoms with van der Waals surface area (Å²) >= 11 is 0. The van der Waals surface area contributed by atoms with E-state index in [9.17, 15) is 18.0 Å². The lowest BCUT2D eigenvalue weighted by Gasteiger charge is -2.15. The molecule has 1 aromatic heterocycles. The summed E-state index contributed by atoms with van der Waals surface area (Å²) in [6.07, 6.45) is -2.52. The van der Waals surface area contributed by atoms with Crippen molar-refractivity contribution in [2.24, 2.45) is 0 Å². The number of para-hydroxylation sites is 1. The van der Waals surface area contributed by atoms with Crippen molar-refractivity contribution in [1.29, 1.82) is 0 Å². The van der Waals surface area contributed by atoms with E-state index in [1.165, 1.54) is 13.0 Å². The van der Waals surface area contributed by atoms with E-state index in [4.69, 9.17) is 5.11 Å². The van der Waals surface area contributed by atoms with Gasteiger partial charge in [0, 0.05) is 28.7 Å². The van der Waals surface area contributed by atoms with Gasteiger partial charge < -0.3 is 10.4 Å². The Labute approximate surface area is 130 Å². The van der Waals surface area contributed by atoms with Crippen LogP contribution in [0.4, 0.5) is 24.5 Å². The zero-order valence-corrected chi connectivity index (χ0v) is 12.1. The number of rotatable bonds is 4. The van der Waals surface area contributed by atoms with E-state index in [0.717, 1.165) is 12.1 Å². The molecule has 2 aromatic rings. The van der Waals surface area contributed by atoms with E-state index in [-0.39, 0.29) is 16.9 Å². The predicted octanol–water partition coefficient (Wildman–Crippen LogP) is 4.25. The molecule has 2 N–H and O–H groups in total. The topological polar surface area (TPSA) is 62.2 Å². The highest BCUT2D eigenvalue weighted by molar-refractivity contribution is 5.87. The first-order valence-corrected chi connectivity index (χ1v) is 6.59. The van der Waals surface area contributed by atoms with Gasteiger partial charge in [0.05, 0.1) is 0 Å². The number of nitrogens with one attached hydrogen (secondary N) is 1. The van der Waals surface area contributed by atoms with Crippen LogP contribution in [0.2, 0.25) is 0 Å². The minimum Gasteiger partial charge on any atom is -0.478 e. The molecule has 0 fully saturated rings. The molecule has 0 atom stereocenters. The minimum absolute atomic E-state index is 0.0794. The molecule has 0 aliphatic carbocycles. The molecule has 7 heteroatoms. The SMILES string of the molecule is Cc1nc(C(F)(F)F)cc(Nc2ccccc2)c1C=CC(=O)O. The molecule has 0 amide bonds. The second-order valence-electron chi connectivity index (χ2n) is 4.71. The van der Waals surface area contributed by atoms with Crippen molar-refractivity contribution in [2.45, 2.75) is 13.1 Å². The quantitative estimate of drug-likeness (QED) is 0.826. The monoisotopic (exact) mass is 322 g/mol. The zero-order chi connectivity index (χ0) is 17.0. The Morgan fingerprint density at radius 2 is 1.91 bits per heavy atom. The number of halogens is 3. The van der Waals surface area contributed by atoms with Crippen LogP contribution >= 0.6 is 0 Å². The number of anilines is 2. The molecule has 0 aliphatic rings. The Bertz CT molecular complexity index is 741. The summed E-state index contributed by atoms with van der Waals surface area (Å²) in [6.45, 7) is 1.40. The fourth-order valence-electron chi connectivity index (χ4n) is 1.97. The zero-order valence-electron chi connectivity index (χ0n) is 12.1. The van der Waals surface area contributed by atoms with Gasteiger partial charge in [-0.3, -0.25) is 0 Å². The van der Waals surface area contributed by atoms with E-state index in [0.29, 0.717) is 5.69 Å². The number of carboxylic acid groups (broad SMARTS) is 1. The molecule has 23 heavy (non-hydrogen) atoms. The van der Waals surface area contributed by atoms with Crippen molar-refractivity contribution in [2.75, 3.05) is 5.32 Å². The molecule has 1 heterocycles. The first-order valence-electron chi connectivity index (χ1n) is 6.59. The molecule has 4 nitrogen and oxygen atoms in total. The standard InChI is InChI=1S/C16H13F3N2O2/c1-10-12(7-8-15(22)23)13(9-14(20-10)16(17,18)19)21-11-5-3-2-4-6-11/h2-9H,1H3,(H,20,21)(H,22,23). The number of pyridine rings is 1. The minimum atomic E-state index is -4.59. The number of hydrogen-bond donors (Lipinski definition) is 2. The van der Waals surface area contributed by atoms with Crippen LogP contribution in [0.15, 0.2) is 42.5 Å². The van der Waals surface area contributed by atoms with Crippen LogP contribution < -0.4 is 5.32 Å². The molecular formula is C16H13F3N2O2. The van der Waals surface area contributed by atoms with Crippen LogP contribution in [0.3, 0.4) is 0 Å². The Balaban J connectivity index is 2.54. The second-order valence-corrected chi connectivity index (χ2v) is 4.71. The summed E-state index contributed by atoms with van der Waals surface area (Å²) < 4.78 is 38.8. The van der Waals surface area contributed by atoms with Gasteiger partial charge in [0.25, 0.3) is 0 Å². The largest absolute Gasteiger partial charge is 0.478 e. The average molecular weight is 322 g/mol. The molecule has 0 spiro atoms. The number of hydrogen-bond acceptors (Lipinski definition) is 3. The van der Waals surface area contributed by atoms with Gasteiger partial charge in [-0.15, -0.1) is 0 Å². The summed E-state index contributed by atoms with van der Waals surface area (Å²) in [6, 6.07) is 9.47. The highest BCUT2D eigenvalue weighted by atomic mass is 19.4. The number of benzene rings is 1. The van der Waals surface area contributed by atoms with Gasteiger partial charge in [0.15, 0.2) is 0 Å². The van der Waals surface area contributed by atoms with Gasteiger partial charge in [-0.25, -0.2) is 9.78 Å². The van der Waals surface area contributed by atoms with Gasteiger partial charge in [0.2, 0.25) is 0 Å². The van der Waals surface area contributed by atoms with Crippen LogP contribution in [0.1, 0.15) is 17.0 Å². The number of carboxylic acids is 1. The number of nitrogens with zero attached hydrogens (tertiary/aromatic N) is 1. The lowest BCUT2D eigenvalue weighted by atomic mass is 10.1. The molecule has 2 rings (SSSR count). The number of alkyl halides is 3. The molecule has 0 saturated heterocycles. The third-order valence-electron chi connectivity index (χ3n) is 2.98. The van der Waals surface area contributed by atoms with Crippen LogP contribution in [0.25, 0.3) is 6.08 Å². The molecule has 120 valence electrons. The number of aryl methyl sites for hydroxylation is 1. The summed E-state index contributed by atoms with van der Waals surface area (Å²) in [5.74, 6) is -1.20. The Hall–Kier alpha value is -2.83. The predicted molar refractivity (Wildman–Crippen MR) is 80.4 cm³/mol. The Morgan fingerprint density at radius 1 is 1.26 bits per heavy atom. The van der Waals surface area contributed by atoms with Crippen molar-refractivity contribution in [1.82, 2.24) is 4.98 Å². The molecule has 0 radical (unpaired) electrons. The molecule has 0 bridgehead atoms. The third-order valence-corrected chi connectivity index (χ3v) is 2.98. The van der Waals surface area contributed by atoms with Gasteiger partial charge in [-0.1, -0.05) is 18.2 Å². The van der Waals surface area contributed by atoms with Crippen LogP contribution in [0, 0.1) is 6.92 Å². The second kappa shape index (κ2) is 6.51. The highest BCUT2D eigenvalue weighted by Gasteiger charge is 2.33. The maximum Gasteiger partial charge on any atom is 0.433 e. The molecule has 0 unspecified atom stereocenters. The van der Waals surface area contributed by atoms with E-state index >= 15 is 0 Å². The maximum absolute atomic E-state index is 12.9. The van der Waals surface area contributed by atoms with Crippen molar-refractivity contribution in [3.05, 3.63) is 59.4 Å². The molecular weight excluding hydrogens is 309 g/mol. The average Bonchev–Trinajstić information content (AvgIpc) is 2.46. The number of carbonyl (C=O) groups is 1. The maximum atomic E-state index is 12.9. The van der Waals surface area contributed by atoms with E-state index in [2.05, 4.69) is 10.3 Å². The number of aromatic nitrogens is 1. The fraction of sp³-hybridized carbons (Fsp3) is 0.125. The first kappa shape index (κ1) is 16.5. The molecule has 0 aliphatic heterocycles. The normalized spacial score (nSPS) is 11.7. The fourth-order valence-corrected chi connectivity index (χ4v) is 1.97. The number of aliphatic carboxylic acids is 1. The lowest BCUT2D eigenvalue weighted by Crippen LogP contribution is -2.11. The van der Waals surface area contributed by atoms with Gasteiger partial charge >= 0.3 is 12.1 Å². The van der Waals surface area contributed by atoms with E-state index < -0.39 is 17.8 Å². The third kappa shape index (κ3) is 4.32. The van der Waals surface area contributed by atoms with Crippen molar-refractivity contribution >= 4 is 23.4 Å². The van der Waals surface area contributed by atoms with Crippen molar-refractivity contribution < 1.29 is 23.1 Å². The summed E-state index contributed by atoms with van der Waals surface area (Å²) in [7, 11) is 0. The van der Waals surface area contributed by atoms with Gasteiger partial charge in [-0.2, -0.15) is 13.2 Å². The molecule has 0 saturated carbocycles. The van der Waals surface area contributed by atoms with Crippen molar-refractivity contribution in [3.8, 4) is 0 Å². The summed E-state index contributed by atoms with van der Waals surface area (Å²) in [4.78, 5) is 14.2.